The third-order valence-corrected chi connectivity index (χ3v) is 4.58. The summed E-state index contributed by atoms with van der Waals surface area (Å²) in [5.74, 6) is -1.05. The van der Waals surface area contributed by atoms with Gasteiger partial charge in [0.1, 0.15) is 6.61 Å². The number of carboxylic acids is 1. The van der Waals surface area contributed by atoms with E-state index in [0.717, 1.165) is 11.1 Å². The SMILES string of the molecule is CO[C@H](CCNC(=O)OCC1c2ccccc2-c2ccccc21)C(=O)O. The number of alkyl carbamates (subject to hydrolysis) is 1. The molecule has 1 amide bonds. The number of aliphatic carboxylic acids is 1. The molecule has 136 valence electrons. The molecule has 1 aliphatic rings. The van der Waals surface area contributed by atoms with Crippen LogP contribution in [0.4, 0.5) is 4.79 Å². The topological polar surface area (TPSA) is 84.9 Å². The van der Waals surface area contributed by atoms with Gasteiger partial charge in [0.15, 0.2) is 6.10 Å². The van der Waals surface area contributed by atoms with Crippen molar-refractivity contribution in [2.45, 2.75) is 18.4 Å². The molecule has 6 heteroatoms. The molecule has 2 N–H and O–H groups in total. The summed E-state index contributed by atoms with van der Waals surface area (Å²) in [6.07, 6.45) is -1.33. The number of carboxylic acid groups (broad SMARTS) is 1. The summed E-state index contributed by atoms with van der Waals surface area (Å²) in [6.45, 7) is 0.397. The summed E-state index contributed by atoms with van der Waals surface area (Å²) in [4.78, 5) is 22.8. The van der Waals surface area contributed by atoms with Crippen LogP contribution in [0.15, 0.2) is 48.5 Å². The summed E-state index contributed by atoms with van der Waals surface area (Å²) >= 11 is 0. The molecular formula is C20H21NO5. The molecule has 0 bridgehead atoms. The number of carbonyl (C=O) groups is 2. The molecule has 0 spiro atoms. The predicted molar refractivity (Wildman–Crippen MR) is 96.1 cm³/mol. The molecule has 1 aliphatic carbocycles. The minimum atomic E-state index is -1.05. The molecule has 2 aromatic rings. The summed E-state index contributed by atoms with van der Waals surface area (Å²) in [5.41, 5.74) is 4.63. The van der Waals surface area contributed by atoms with Crippen molar-refractivity contribution in [1.29, 1.82) is 0 Å². The van der Waals surface area contributed by atoms with Crippen molar-refractivity contribution in [3.63, 3.8) is 0 Å². The van der Waals surface area contributed by atoms with Gasteiger partial charge in [0, 0.05) is 26.0 Å². The van der Waals surface area contributed by atoms with E-state index in [1.54, 1.807) is 0 Å². The number of carbonyl (C=O) groups excluding carboxylic acids is 1. The highest BCUT2D eigenvalue weighted by atomic mass is 16.5. The van der Waals surface area contributed by atoms with Gasteiger partial charge in [-0.25, -0.2) is 9.59 Å². The average Bonchev–Trinajstić information content (AvgIpc) is 2.97. The monoisotopic (exact) mass is 355 g/mol. The van der Waals surface area contributed by atoms with Crippen LogP contribution in [0.25, 0.3) is 11.1 Å². The molecule has 0 radical (unpaired) electrons. The first-order chi connectivity index (χ1) is 12.6. The van der Waals surface area contributed by atoms with Crippen LogP contribution in [0.1, 0.15) is 23.5 Å². The molecule has 26 heavy (non-hydrogen) atoms. The Morgan fingerprint density at radius 1 is 1.08 bits per heavy atom. The number of hydrogen-bond acceptors (Lipinski definition) is 4. The highest BCUT2D eigenvalue weighted by Gasteiger charge is 2.29. The van der Waals surface area contributed by atoms with Crippen molar-refractivity contribution >= 4 is 12.1 Å². The highest BCUT2D eigenvalue weighted by molar-refractivity contribution is 5.79. The van der Waals surface area contributed by atoms with Crippen molar-refractivity contribution in [3.05, 3.63) is 59.7 Å². The summed E-state index contributed by atoms with van der Waals surface area (Å²) < 4.78 is 10.2. The number of methoxy groups -OCH3 is 1. The van der Waals surface area contributed by atoms with Crippen molar-refractivity contribution < 1.29 is 24.2 Å². The zero-order valence-electron chi connectivity index (χ0n) is 14.5. The lowest BCUT2D eigenvalue weighted by Gasteiger charge is -2.15. The maximum absolute atomic E-state index is 11.9. The fourth-order valence-corrected chi connectivity index (χ4v) is 3.30. The lowest BCUT2D eigenvalue weighted by atomic mass is 9.98. The van der Waals surface area contributed by atoms with Crippen molar-refractivity contribution in [3.8, 4) is 11.1 Å². The van der Waals surface area contributed by atoms with Crippen LogP contribution in [0.3, 0.4) is 0 Å². The van der Waals surface area contributed by atoms with Gasteiger partial charge < -0.3 is 19.9 Å². The lowest BCUT2D eigenvalue weighted by Crippen LogP contribution is -2.32. The Hall–Kier alpha value is -2.86. The highest BCUT2D eigenvalue weighted by Crippen LogP contribution is 2.44. The van der Waals surface area contributed by atoms with Crippen LogP contribution in [-0.4, -0.2) is 43.5 Å². The van der Waals surface area contributed by atoms with Gasteiger partial charge in [-0.05, 0) is 22.3 Å². The average molecular weight is 355 g/mol. The molecule has 1 atom stereocenters. The summed E-state index contributed by atoms with van der Waals surface area (Å²) in [7, 11) is 1.33. The molecule has 0 aliphatic heterocycles. The Morgan fingerprint density at radius 3 is 2.19 bits per heavy atom. The Labute approximate surface area is 151 Å². The largest absolute Gasteiger partial charge is 0.479 e. The van der Waals surface area contributed by atoms with Crippen LogP contribution in [0.5, 0.6) is 0 Å². The number of rotatable bonds is 7. The smallest absolute Gasteiger partial charge is 0.407 e. The van der Waals surface area contributed by atoms with E-state index in [1.807, 2.05) is 24.3 Å². The Kier molecular flexibility index (Phi) is 5.53. The third kappa shape index (κ3) is 3.70. The van der Waals surface area contributed by atoms with E-state index in [2.05, 4.69) is 29.6 Å². The minimum Gasteiger partial charge on any atom is -0.479 e. The second-order valence-corrected chi connectivity index (χ2v) is 6.10. The van der Waals surface area contributed by atoms with E-state index >= 15 is 0 Å². The number of benzene rings is 2. The second-order valence-electron chi connectivity index (χ2n) is 6.10. The molecule has 0 saturated carbocycles. The summed E-state index contributed by atoms with van der Waals surface area (Å²) in [5, 5.41) is 11.5. The zero-order chi connectivity index (χ0) is 18.5. The molecule has 0 saturated heterocycles. The van der Waals surface area contributed by atoms with Gasteiger partial charge in [-0.1, -0.05) is 48.5 Å². The minimum absolute atomic E-state index is 0.00102. The van der Waals surface area contributed by atoms with E-state index in [0.29, 0.717) is 0 Å². The predicted octanol–water partition coefficient (Wildman–Crippen LogP) is 3.01. The standard InChI is InChI=1S/C20H21NO5/c1-25-18(19(22)23)10-11-21-20(24)26-12-17-15-8-4-2-6-13(15)14-7-3-5-9-16(14)17/h2-9,17-18H,10-12H2,1H3,(H,21,24)(H,22,23)/t18-/m1/s1. The fraction of sp³-hybridized carbons (Fsp3) is 0.300. The summed E-state index contributed by atoms with van der Waals surface area (Å²) in [6, 6.07) is 16.2. The van der Waals surface area contributed by atoms with Gasteiger partial charge >= 0.3 is 12.1 Å². The Bertz CT molecular complexity index is 759. The van der Waals surface area contributed by atoms with Crippen LogP contribution >= 0.6 is 0 Å². The molecule has 0 fully saturated rings. The van der Waals surface area contributed by atoms with Gasteiger partial charge in [0.25, 0.3) is 0 Å². The first kappa shape index (κ1) is 17.9. The molecular weight excluding hydrogens is 334 g/mol. The molecule has 3 rings (SSSR count). The van der Waals surface area contributed by atoms with E-state index in [4.69, 9.17) is 14.6 Å². The van der Waals surface area contributed by atoms with Crippen molar-refractivity contribution in [2.75, 3.05) is 20.3 Å². The van der Waals surface area contributed by atoms with Gasteiger partial charge in [-0.2, -0.15) is 0 Å². The molecule has 0 unspecified atom stereocenters. The normalized spacial score (nSPS) is 13.6. The molecule has 0 aromatic heterocycles. The first-order valence-electron chi connectivity index (χ1n) is 8.46. The quantitative estimate of drug-likeness (QED) is 0.797. The van der Waals surface area contributed by atoms with Crippen LogP contribution in [-0.2, 0) is 14.3 Å². The van der Waals surface area contributed by atoms with Gasteiger partial charge in [-0.15, -0.1) is 0 Å². The van der Waals surface area contributed by atoms with E-state index in [-0.39, 0.29) is 25.5 Å². The first-order valence-corrected chi connectivity index (χ1v) is 8.46. The fourth-order valence-electron chi connectivity index (χ4n) is 3.30. The number of amides is 1. The van der Waals surface area contributed by atoms with E-state index in [9.17, 15) is 9.59 Å². The maximum atomic E-state index is 11.9. The molecule has 6 nitrogen and oxygen atoms in total. The second kappa shape index (κ2) is 8.01. The van der Waals surface area contributed by atoms with Crippen LogP contribution in [0, 0.1) is 0 Å². The van der Waals surface area contributed by atoms with Crippen LogP contribution < -0.4 is 5.32 Å². The van der Waals surface area contributed by atoms with E-state index in [1.165, 1.54) is 18.2 Å². The van der Waals surface area contributed by atoms with Crippen LogP contribution in [0.2, 0.25) is 0 Å². The number of nitrogens with one attached hydrogen (secondary N) is 1. The number of hydrogen-bond donors (Lipinski definition) is 2. The molecule has 0 heterocycles. The number of ether oxygens (including phenoxy) is 2. The van der Waals surface area contributed by atoms with Crippen molar-refractivity contribution in [1.82, 2.24) is 5.32 Å². The van der Waals surface area contributed by atoms with Crippen molar-refractivity contribution in [2.24, 2.45) is 0 Å². The van der Waals surface area contributed by atoms with E-state index < -0.39 is 18.2 Å². The molecule has 2 aromatic carbocycles. The maximum Gasteiger partial charge on any atom is 0.407 e. The zero-order valence-corrected chi connectivity index (χ0v) is 14.5. The van der Waals surface area contributed by atoms with Gasteiger partial charge in [-0.3, -0.25) is 0 Å². The Balaban J connectivity index is 1.58. The lowest BCUT2D eigenvalue weighted by molar-refractivity contribution is -0.148. The number of fused-ring (bicyclic) bond motifs is 3. The van der Waals surface area contributed by atoms with Gasteiger partial charge in [0.2, 0.25) is 0 Å². The van der Waals surface area contributed by atoms with Gasteiger partial charge in [0.05, 0.1) is 0 Å². The third-order valence-electron chi connectivity index (χ3n) is 4.58. The Morgan fingerprint density at radius 2 is 1.65 bits per heavy atom.